The van der Waals surface area contributed by atoms with Crippen LogP contribution < -0.4 is 5.56 Å². The SMILES string of the molecule is O=c1c2ccccc2c(C=Nc2ccc(Br)cc2)c(O)n1-c1cccc(Cl)c1. The van der Waals surface area contributed by atoms with E-state index < -0.39 is 0 Å². The van der Waals surface area contributed by atoms with Gasteiger partial charge < -0.3 is 5.11 Å². The van der Waals surface area contributed by atoms with Crippen LogP contribution in [0.2, 0.25) is 5.02 Å². The summed E-state index contributed by atoms with van der Waals surface area (Å²) in [6.45, 7) is 0. The average molecular weight is 454 g/mol. The smallest absolute Gasteiger partial charge is 0.265 e. The molecule has 0 radical (unpaired) electrons. The van der Waals surface area contributed by atoms with Crippen molar-refractivity contribution in [3.63, 3.8) is 0 Å². The Morgan fingerprint density at radius 2 is 1.68 bits per heavy atom. The van der Waals surface area contributed by atoms with E-state index in [1.807, 2.05) is 30.3 Å². The summed E-state index contributed by atoms with van der Waals surface area (Å²) in [6.07, 6.45) is 1.57. The highest BCUT2D eigenvalue weighted by molar-refractivity contribution is 9.10. The maximum absolute atomic E-state index is 13.0. The molecule has 6 heteroatoms. The fraction of sp³-hybridized carbons (Fsp3) is 0. The number of halogens is 2. The summed E-state index contributed by atoms with van der Waals surface area (Å²) in [5, 5.41) is 12.5. The molecule has 138 valence electrons. The molecule has 0 saturated carbocycles. The molecule has 0 aliphatic rings. The number of fused-ring (bicyclic) bond motifs is 1. The molecule has 1 aromatic heterocycles. The second-order valence-corrected chi connectivity index (χ2v) is 7.49. The van der Waals surface area contributed by atoms with E-state index in [2.05, 4.69) is 20.9 Å². The molecule has 0 atom stereocenters. The van der Waals surface area contributed by atoms with E-state index in [0.717, 1.165) is 10.2 Å². The van der Waals surface area contributed by atoms with Crippen LogP contribution in [0.15, 0.2) is 87.1 Å². The van der Waals surface area contributed by atoms with Crippen LogP contribution in [-0.2, 0) is 0 Å². The lowest BCUT2D eigenvalue weighted by atomic mass is 10.1. The molecule has 0 bridgehead atoms. The first-order valence-electron chi connectivity index (χ1n) is 8.47. The Bertz CT molecular complexity index is 1260. The van der Waals surface area contributed by atoms with Crippen LogP contribution in [0, 0.1) is 0 Å². The van der Waals surface area contributed by atoms with Crippen LogP contribution in [0.1, 0.15) is 5.56 Å². The predicted octanol–water partition coefficient (Wildman–Crippen LogP) is 5.86. The Balaban J connectivity index is 1.97. The van der Waals surface area contributed by atoms with Crippen molar-refractivity contribution < 1.29 is 5.11 Å². The Hall–Kier alpha value is -2.89. The quantitative estimate of drug-likeness (QED) is 0.395. The Labute approximate surface area is 174 Å². The summed E-state index contributed by atoms with van der Waals surface area (Å²) < 4.78 is 2.20. The van der Waals surface area contributed by atoms with Gasteiger partial charge in [0.2, 0.25) is 5.88 Å². The summed E-state index contributed by atoms with van der Waals surface area (Å²) in [5.74, 6) is -0.188. The van der Waals surface area contributed by atoms with Crippen LogP contribution in [0.3, 0.4) is 0 Å². The molecule has 1 N–H and O–H groups in total. The molecule has 4 nitrogen and oxygen atoms in total. The van der Waals surface area contributed by atoms with Crippen LogP contribution >= 0.6 is 27.5 Å². The summed E-state index contributed by atoms with van der Waals surface area (Å²) in [5.41, 5.74) is 1.35. The van der Waals surface area contributed by atoms with Gasteiger partial charge in [0.15, 0.2) is 0 Å². The van der Waals surface area contributed by atoms with Crippen molar-refractivity contribution in [3.8, 4) is 11.6 Å². The van der Waals surface area contributed by atoms with E-state index in [1.165, 1.54) is 4.57 Å². The third kappa shape index (κ3) is 3.46. The van der Waals surface area contributed by atoms with Gasteiger partial charge in [-0.05, 0) is 48.5 Å². The molecule has 28 heavy (non-hydrogen) atoms. The molecule has 0 aliphatic carbocycles. The van der Waals surface area contributed by atoms with Crippen molar-refractivity contribution in [2.24, 2.45) is 4.99 Å². The van der Waals surface area contributed by atoms with Gasteiger partial charge in [-0.2, -0.15) is 0 Å². The number of aromatic hydroxyl groups is 1. The van der Waals surface area contributed by atoms with Gasteiger partial charge in [-0.25, -0.2) is 4.57 Å². The third-order valence-corrected chi connectivity index (χ3v) is 5.10. The second-order valence-electron chi connectivity index (χ2n) is 6.14. The third-order valence-electron chi connectivity index (χ3n) is 4.34. The highest BCUT2D eigenvalue weighted by atomic mass is 79.9. The zero-order valence-corrected chi connectivity index (χ0v) is 16.9. The molecule has 1 heterocycles. The van der Waals surface area contributed by atoms with E-state index in [9.17, 15) is 9.90 Å². The number of nitrogens with zero attached hydrogens (tertiary/aromatic N) is 2. The number of pyridine rings is 1. The topological polar surface area (TPSA) is 54.6 Å². The van der Waals surface area contributed by atoms with Gasteiger partial charge in [0.1, 0.15) is 0 Å². The molecule has 0 saturated heterocycles. The van der Waals surface area contributed by atoms with Gasteiger partial charge in [0.25, 0.3) is 5.56 Å². The minimum Gasteiger partial charge on any atom is -0.494 e. The highest BCUT2D eigenvalue weighted by Gasteiger charge is 2.16. The maximum Gasteiger partial charge on any atom is 0.265 e. The normalized spacial score (nSPS) is 11.4. The number of hydrogen-bond donors (Lipinski definition) is 1. The molecule has 0 unspecified atom stereocenters. The predicted molar refractivity (Wildman–Crippen MR) is 118 cm³/mol. The van der Waals surface area contributed by atoms with E-state index in [1.54, 1.807) is 48.7 Å². The summed E-state index contributed by atoms with van der Waals surface area (Å²) >= 11 is 9.48. The Morgan fingerprint density at radius 1 is 0.964 bits per heavy atom. The number of aliphatic imine (C=N–C) groups is 1. The largest absolute Gasteiger partial charge is 0.494 e. The van der Waals surface area contributed by atoms with Crippen molar-refractivity contribution in [1.82, 2.24) is 4.57 Å². The lowest BCUT2D eigenvalue weighted by Crippen LogP contribution is -2.20. The molecule has 3 aromatic carbocycles. The summed E-state index contributed by atoms with van der Waals surface area (Å²) in [6, 6.07) is 21.4. The van der Waals surface area contributed by atoms with Gasteiger partial charge >= 0.3 is 0 Å². The second kappa shape index (κ2) is 7.62. The highest BCUT2D eigenvalue weighted by Crippen LogP contribution is 2.27. The number of aromatic nitrogens is 1. The van der Waals surface area contributed by atoms with Gasteiger partial charge in [0.05, 0.1) is 16.9 Å². The molecule has 0 amide bonds. The van der Waals surface area contributed by atoms with E-state index in [-0.39, 0.29) is 11.4 Å². The molecular weight excluding hydrogens is 440 g/mol. The number of benzene rings is 3. The van der Waals surface area contributed by atoms with Crippen molar-refractivity contribution in [3.05, 3.63) is 98.2 Å². The standard InChI is InChI=1S/C22H14BrClN2O2/c23-14-8-10-16(11-9-14)25-13-20-18-6-1-2-7-19(18)21(27)26(22(20)28)17-5-3-4-15(24)12-17/h1-13,28H. The summed E-state index contributed by atoms with van der Waals surface area (Å²) in [4.78, 5) is 17.5. The lowest BCUT2D eigenvalue weighted by Gasteiger charge is -2.14. The zero-order valence-electron chi connectivity index (χ0n) is 14.5. The van der Waals surface area contributed by atoms with Crippen molar-refractivity contribution in [2.45, 2.75) is 0 Å². The van der Waals surface area contributed by atoms with Crippen LogP contribution in [0.25, 0.3) is 16.5 Å². The fourth-order valence-electron chi connectivity index (χ4n) is 3.01. The minimum absolute atomic E-state index is 0.188. The van der Waals surface area contributed by atoms with Gasteiger partial charge in [0, 0.05) is 26.5 Å². The molecule has 0 fully saturated rings. The first-order valence-corrected chi connectivity index (χ1v) is 9.64. The zero-order chi connectivity index (χ0) is 19.7. The van der Waals surface area contributed by atoms with Crippen LogP contribution in [-0.4, -0.2) is 15.9 Å². The Morgan fingerprint density at radius 3 is 2.39 bits per heavy atom. The first kappa shape index (κ1) is 18.5. The summed E-state index contributed by atoms with van der Waals surface area (Å²) in [7, 11) is 0. The van der Waals surface area contributed by atoms with E-state index >= 15 is 0 Å². The van der Waals surface area contributed by atoms with Crippen LogP contribution in [0.4, 0.5) is 5.69 Å². The molecule has 0 aliphatic heterocycles. The maximum atomic E-state index is 13.0. The first-order chi connectivity index (χ1) is 13.5. The Kier molecular flexibility index (Phi) is 5.03. The average Bonchev–Trinajstić information content (AvgIpc) is 2.69. The van der Waals surface area contributed by atoms with Crippen LogP contribution in [0.5, 0.6) is 5.88 Å². The van der Waals surface area contributed by atoms with Crippen molar-refractivity contribution in [1.29, 1.82) is 0 Å². The molecule has 0 spiro atoms. The minimum atomic E-state index is -0.323. The van der Waals surface area contributed by atoms with E-state index in [4.69, 9.17) is 11.6 Å². The monoisotopic (exact) mass is 452 g/mol. The van der Waals surface area contributed by atoms with Crippen molar-refractivity contribution >= 4 is 50.2 Å². The fourth-order valence-corrected chi connectivity index (χ4v) is 3.46. The number of rotatable bonds is 3. The molecule has 4 rings (SSSR count). The van der Waals surface area contributed by atoms with Crippen molar-refractivity contribution in [2.75, 3.05) is 0 Å². The molecule has 4 aromatic rings. The lowest BCUT2D eigenvalue weighted by molar-refractivity contribution is 0.436. The van der Waals surface area contributed by atoms with Gasteiger partial charge in [-0.3, -0.25) is 9.79 Å². The van der Waals surface area contributed by atoms with Gasteiger partial charge in [-0.1, -0.05) is 51.8 Å². The van der Waals surface area contributed by atoms with Gasteiger partial charge in [-0.15, -0.1) is 0 Å². The molecular formula is C22H14BrClN2O2. The van der Waals surface area contributed by atoms with E-state index in [0.29, 0.717) is 27.0 Å². The number of hydrogen-bond acceptors (Lipinski definition) is 3.